The number of rotatable bonds is 8. The summed E-state index contributed by atoms with van der Waals surface area (Å²) in [4.78, 5) is 23.8. The number of carbonyl (C=O) groups is 2. The summed E-state index contributed by atoms with van der Waals surface area (Å²) in [5.41, 5.74) is -0.331. The molecule has 0 aliphatic rings. The third-order valence-electron chi connectivity index (χ3n) is 5.00. The van der Waals surface area contributed by atoms with Gasteiger partial charge in [0.05, 0.1) is 18.9 Å². The maximum Gasteiger partial charge on any atom is 0.312 e. The van der Waals surface area contributed by atoms with Crippen molar-refractivity contribution in [2.45, 2.75) is 53.6 Å². The van der Waals surface area contributed by atoms with Crippen molar-refractivity contribution in [1.82, 2.24) is 0 Å². The standard InChI is InChI=1S/C20H30O5/c1-13-8-10-15(11-9-13)25-20(5,6)16(18(23)24-7)12-19(3,4)14(2)17(21)22/h8-11,14,16H,12H2,1-7H3,(H,21,22). The first-order valence-corrected chi connectivity index (χ1v) is 8.47. The van der Waals surface area contributed by atoms with Gasteiger partial charge in [0, 0.05) is 0 Å². The van der Waals surface area contributed by atoms with E-state index >= 15 is 0 Å². The van der Waals surface area contributed by atoms with E-state index in [-0.39, 0.29) is 0 Å². The molecule has 0 saturated heterocycles. The first-order valence-electron chi connectivity index (χ1n) is 8.47. The number of hydrogen-bond acceptors (Lipinski definition) is 4. The van der Waals surface area contributed by atoms with Gasteiger partial charge in [-0.1, -0.05) is 38.5 Å². The highest BCUT2D eigenvalue weighted by Crippen LogP contribution is 2.39. The molecule has 25 heavy (non-hydrogen) atoms. The van der Waals surface area contributed by atoms with Gasteiger partial charge in [-0.25, -0.2) is 0 Å². The van der Waals surface area contributed by atoms with Gasteiger partial charge >= 0.3 is 11.9 Å². The molecule has 1 aromatic carbocycles. The Bertz CT molecular complexity index is 601. The van der Waals surface area contributed by atoms with E-state index in [2.05, 4.69) is 0 Å². The summed E-state index contributed by atoms with van der Waals surface area (Å²) in [6.07, 6.45) is 0.339. The lowest BCUT2D eigenvalue weighted by Crippen LogP contribution is -2.46. The first kappa shape index (κ1) is 21.0. The highest BCUT2D eigenvalue weighted by atomic mass is 16.5. The molecule has 0 aliphatic carbocycles. The zero-order valence-electron chi connectivity index (χ0n) is 16.3. The van der Waals surface area contributed by atoms with E-state index in [1.807, 2.05) is 58.9 Å². The van der Waals surface area contributed by atoms with Gasteiger partial charge in [0.25, 0.3) is 0 Å². The summed E-state index contributed by atoms with van der Waals surface area (Å²) >= 11 is 0. The topological polar surface area (TPSA) is 72.8 Å². The van der Waals surface area contributed by atoms with E-state index < -0.39 is 34.8 Å². The molecule has 0 spiro atoms. The lowest BCUT2D eigenvalue weighted by Gasteiger charge is -2.39. The number of benzene rings is 1. The highest BCUT2D eigenvalue weighted by molar-refractivity contribution is 5.74. The van der Waals surface area contributed by atoms with Crippen LogP contribution in [0.3, 0.4) is 0 Å². The second-order valence-corrected chi connectivity index (χ2v) is 7.85. The Morgan fingerprint density at radius 1 is 1.12 bits per heavy atom. The van der Waals surface area contributed by atoms with Crippen LogP contribution >= 0.6 is 0 Å². The third kappa shape index (κ3) is 5.48. The summed E-state index contributed by atoms with van der Waals surface area (Å²) in [5.74, 6) is -1.83. The van der Waals surface area contributed by atoms with Gasteiger partial charge in [-0.05, 0) is 44.7 Å². The van der Waals surface area contributed by atoms with E-state index in [0.29, 0.717) is 12.2 Å². The van der Waals surface area contributed by atoms with Gasteiger partial charge in [0.1, 0.15) is 11.4 Å². The largest absolute Gasteiger partial charge is 0.487 e. The fourth-order valence-corrected chi connectivity index (χ4v) is 2.77. The smallest absolute Gasteiger partial charge is 0.312 e. The number of ether oxygens (including phenoxy) is 2. The molecule has 0 aromatic heterocycles. The molecule has 5 nitrogen and oxygen atoms in total. The van der Waals surface area contributed by atoms with Gasteiger partial charge in [0.15, 0.2) is 0 Å². The summed E-state index contributed by atoms with van der Waals surface area (Å²) < 4.78 is 11.1. The SMILES string of the molecule is COC(=O)C(CC(C)(C)C(C)C(=O)O)C(C)(C)Oc1ccc(C)cc1. The Kier molecular flexibility index (Phi) is 6.63. The van der Waals surface area contributed by atoms with Crippen LogP contribution in [0.4, 0.5) is 0 Å². The van der Waals surface area contributed by atoms with Crippen molar-refractivity contribution in [3.05, 3.63) is 29.8 Å². The minimum atomic E-state index is -0.883. The van der Waals surface area contributed by atoms with Crippen molar-refractivity contribution in [2.24, 2.45) is 17.3 Å². The van der Waals surface area contributed by atoms with Crippen LogP contribution in [0.15, 0.2) is 24.3 Å². The molecule has 2 atom stereocenters. The van der Waals surface area contributed by atoms with Crippen LogP contribution in [0.2, 0.25) is 0 Å². The second-order valence-electron chi connectivity index (χ2n) is 7.85. The molecule has 0 amide bonds. The molecule has 5 heteroatoms. The van der Waals surface area contributed by atoms with E-state index in [9.17, 15) is 14.7 Å². The average molecular weight is 350 g/mol. The number of aliphatic carboxylic acids is 1. The maximum atomic E-state index is 12.4. The zero-order chi connectivity index (χ0) is 19.4. The van der Waals surface area contributed by atoms with Crippen LogP contribution in [0, 0.1) is 24.2 Å². The number of hydrogen-bond donors (Lipinski definition) is 1. The van der Waals surface area contributed by atoms with Crippen molar-refractivity contribution in [1.29, 1.82) is 0 Å². The van der Waals surface area contributed by atoms with Gasteiger partial charge in [-0.15, -0.1) is 0 Å². The Morgan fingerprint density at radius 2 is 1.64 bits per heavy atom. The molecule has 0 fully saturated rings. The average Bonchev–Trinajstić information content (AvgIpc) is 2.53. The quantitative estimate of drug-likeness (QED) is 0.715. The number of carbonyl (C=O) groups excluding carboxylic acids is 1. The monoisotopic (exact) mass is 350 g/mol. The van der Waals surface area contributed by atoms with Gasteiger partial charge in [-0.3, -0.25) is 9.59 Å². The van der Waals surface area contributed by atoms with Crippen molar-refractivity contribution in [2.75, 3.05) is 7.11 Å². The van der Waals surface area contributed by atoms with Gasteiger partial charge in [0.2, 0.25) is 0 Å². The molecule has 140 valence electrons. The molecular formula is C20H30O5. The predicted octanol–water partition coefficient (Wildman–Crippen LogP) is 4.08. The van der Waals surface area contributed by atoms with Crippen molar-refractivity contribution in [3.63, 3.8) is 0 Å². The fourth-order valence-electron chi connectivity index (χ4n) is 2.77. The third-order valence-corrected chi connectivity index (χ3v) is 5.00. The van der Waals surface area contributed by atoms with Crippen molar-refractivity contribution in [3.8, 4) is 5.75 Å². The molecule has 0 heterocycles. The Hall–Kier alpha value is -2.04. The molecule has 1 rings (SSSR count). The maximum absolute atomic E-state index is 12.4. The number of methoxy groups -OCH3 is 1. The number of carboxylic acids is 1. The minimum Gasteiger partial charge on any atom is -0.487 e. The van der Waals surface area contributed by atoms with E-state index in [1.165, 1.54) is 7.11 Å². The molecule has 1 N–H and O–H groups in total. The zero-order valence-corrected chi connectivity index (χ0v) is 16.3. The first-order chi connectivity index (χ1) is 11.4. The molecule has 0 bridgehead atoms. The van der Waals surface area contributed by atoms with Gasteiger partial charge in [-0.2, -0.15) is 0 Å². The Balaban J connectivity index is 3.09. The number of aryl methyl sites for hydroxylation is 1. The normalized spacial score (nSPS) is 14.5. The fraction of sp³-hybridized carbons (Fsp3) is 0.600. The lowest BCUT2D eigenvalue weighted by molar-refractivity contribution is -0.157. The van der Waals surface area contributed by atoms with E-state index in [0.717, 1.165) is 5.56 Å². The van der Waals surface area contributed by atoms with Crippen LogP contribution in [-0.4, -0.2) is 29.8 Å². The van der Waals surface area contributed by atoms with Crippen LogP contribution in [-0.2, 0) is 14.3 Å². The summed E-state index contributed by atoms with van der Waals surface area (Å²) in [6, 6.07) is 7.59. The lowest BCUT2D eigenvalue weighted by atomic mass is 9.70. The van der Waals surface area contributed by atoms with Gasteiger partial charge < -0.3 is 14.6 Å². The number of carboxylic acid groups (broad SMARTS) is 1. The summed E-state index contributed by atoms with van der Waals surface area (Å²) in [7, 11) is 1.34. The van der Waals surface area contributed by atoms with Crippen LogP contribution in [0.1, 0.15) is 46.6 Å². The van der Waals surface area contributed by atoms with E-state index in [4.69, 9.17) is 9.47 Å². The minimum absolute atomic E-state index is 0.339. The Morgan fingerprint density at radius 3 is 2.08 bits per heavy atom. The molecular weight excluding hydrogens is 320 g/mol. The van der Waals surface area contributed by atoms with E-state index in [1.54, 1.807) is 6.92 Å². The van der Waals surface area contributed by atoms with Crippen molar-refractivity contribution >= 4 is 11.9 Å². The number of esters is 1. The van der Waals surface area contributed by atoms with Crippen molar-refractivity contribution < 1.29 is 24.2 Å². The Labute approximate surface area is 150 Å². The van der Waals surface area contributed by atoms with Crippen LogP contribution in [0.25, 0.3) is 0 Å². The predicted molar refractivity (Wildman–Crippen MR) is 96.6 cm³/mol. The highest BCUT2D eigenvalue weighted by Gasteiger charge is 2.44. The molecule has 0 saturated carbocycles. The second kappa shape index (κ2) is 7.89. The van der Waals surface area contributed by atoms with Crippen LogP contribution in [0.5, 0.6) is 5.75 Å². The summed E-state index contributed by atoms with van der Waals surface area (Å²) in [6.45, 7) is 11.0. The van der Waals surface area contributed by atoms with Crippen LogP contribution < -0.4 is 4.74 Å². The summed E-state index contributed by atoms with van der Waals surface area (Å²) in [5, 5.41) is 9.34. The molecule has 0 radical (unpaired) electrons. The molecule has 2 unspecified atom stereocenters. The molecule has 1 aromatic rings. The molecule has 0 aliphatic heterocycles.